The van der Waals surface area contributed by atoms with E-state index in [0.717, 1.165) is 49.4 Å². The Balaban J connectivity index is 1.49. The normalized spacial score (nSPS) is 15.2. The van der Waals surface area contributed by atoms with Crippen molar-refractivity contribution >= 4 is 5.91 Å². The molecule has 5 nitrogen and oxygen atoms in total. The highest BCUT2D eigenvalue weighted by atomic mass is 16.5. The Morgan fingerprint density at radius 1 is 1.20 bits per heavy atom. The van der Waals surface area contributed by atoms with E-state index in [1.165, 1.54) is 0 Å². The molecule has 0 bridgehead atoms. The van der Waals surface area contributed by atoms with Gasteiger partial charge < -0.3 is 19.2 Å². The van der Waals surface area contributed by atoms with Crippen LogP contribution in [0.2, 0.25) is 0 Å². The number of aryl methyl sites for hydroxylation is 1. The summed E-state index contributed by atoms with van der Waals surface area (Å²) >= 11 is 0. The first-order valence-electron chi connectivity index (χ1n) is 8.88. The van der Waals surface area contributed by atoms with Crippen LogP contribution in [0.5, 0.6) is 0 Å². The fourth-order valence-electron chi connectivity index (χ4n) is 2.85. The average molecular weight is 343 g/mol. The summed E-state index contributed by atoms with van der Waals surface area (Å²) in [6.45, 7) is 4.61. The van der Waals surface area contributed by atoms with Crippen molar-refractivity contribution in [2.45, 2.75) is 45.4 Å². The number of carbonyl (C=O) groups is 1. The SMILES string of the molecule is CCc1ccc(C(=O)NCc2cccc(COC3CCOCC3)c2)o1. The number of amides is 1. The topological polar surface area (TPSA) is 60.7 Å². The molecule has 2 heterocycles. The van der Waals surface area contributed by atoms with Crippen LogP contribution in [0.25, 0.3) is 0 Å². The van der Waals surface area contributed by atoms with Gasteiger partial charge in [-0.15, -0.1) is 0 Å². The molecule has 0 radical (unpaired) electrons. The largest absolute Gasteiger partial charge is 0.456 e. The van der Waals surface area contributed by atoms with Crippen molar-refractivity contribution in [1.82, 2.24) is 5.32 Å². The molecule has 1 aromatic carbocycles. The van der Waals surface area contributed by atoms with Gasteiger partial charge in [-0.3, -0.25) is 4.79 Å². The molecule has 1 N–H and O–H groups in total. The molecule has 0 aliphatic carbocycles. The Morgan fingerprint density at radius 3 is 2.76 bits per heavy atom. The first-order valence-corrected chi connectivity index (χ1v) is 8.88. The number of ether oxygens (including phenoxy) is 2. The molecule has 1 amide bonds. The molecule has 2 aromatic rings. The van der Waals surface area contributed by atoms with Crippen molar-refractivity contribution in [3.63, 3.8) is 0 Å². The Kier molecular flexibility index (Phi) is 6.25. The molecule has 1 aliphatic heterocycles. The van der Waals surface area contributed by atoms with Crippen LogP contribution in [0.15, 0.2) is 40.8 Å². The van der Waals surface area contributed by atoms with E-state index in [0.29, 0.717) is 18.9 Å². The fraction of sp³-hybridized carbons (Fsp3) is 0.450. The predicted octanol–water partition coefficient (Wildman–Crippen LogP) is 3.47. The molecule has 25 heavy (non-hydrogen) atoms. The summed E-state index contributed by atoms with van der Waals surface area (Å²) in [6.07, 6.45) is 2.98. The minimum atomic E-state index is -0.191. The summed E-state index contributed by atoms with van der Waals surface area (Å²) in [6, 6.07) is 11.7. The van der Waals surface area contributed by atoms with Gasteiger partial charge in [-0.05, 0) is 36.1 Å². The van der Waals surface area contributed by atoms with Crippen LogP contribution in [0.1, 0.15) is 47.2 Å². The van der Waals surface area contributed by atoms with E-state index in [4.69, 9.17) is 13.9 Å². The molecule has 1 aliphatic rings. The zero-order valence-corrected chi connectivity index (χ0v) is 14.6. The predicted molar refractivity (Wildman–Crippen MR) is 94.3 cm³/mol. The van der Waals surface area contributed by atoms with Gasteiger partial charge in [0, 0.05) is 26.2 Å². The van der Waals surface area contributed by atoms with Crippen molar-refractivity contribution in [3.8, 4) is 0 Å². The van der Waals surface area contributed by atoms with E-state index in [9.17, 15) is 4.79 Å². The van der Waals surface area contributed by atoms with Crippen molar-refractivity contribution in [3.05, 3.63) is 59.0 Å². The molecule has 1 aromatic heterocycles. The lowest BCUT2D eigenvalue weighted by Crippen LogP contribution is -2.23. The third kappa shape index (κ3) is 5.18. The molecular formula is C20H25NO4. The van der Waals surface area contributed by atoms with E-state index in [-0.39, 0.29) is 12.0 Å². The molecule has 0 unspecified atom stereocenters. The molecule has 5 heteroatoms. The van der Waals surface area contributed by atoms with Crippen molar-refractivity contribution in [1.29, 1.82) is 0 Å². The van der Waals surface area contributed by atoms with Gasteiger partial charge in [0.05, 0.1) is 12.7 Å². The fourth-order valence-corrected chi connectivity index (χ4v) is 2.85. The highest BCUT2D eigenvalue weighted by Gasteiger charge is 2.14. The Bertz CT molecular complexity index is 689. The van der Waals surface area contributed by atoms with Crippen LogP contribution in [0.3, 0.4) is 0 Å². The molecule has 134 valence electrons. The number of hydrogen-bond donors (Lipinski definition) is 1. The first kappa shape index (κ1) is 17.7. The quantitative estimate of drug-likeness (QED) is 0.836. The highest BCUT2D eigenvalue weighted by molar-refractivity contribution is 5.91. The third-order valence-corrected chi connectivity index (χ3v) is 4.33. The summed E-state index contributed by atoms with van der Waals surface area (Å²) in [4.78, 5) is 12.1. The average Bonchev–Trinajstić information content (AvgIpc) is 3.15. The van der Waals surface area contributed by atoms with Crippen molar-refractivity contribution in [2.75, 3.05) is 13.2 Å². The summed E-state index contributed by atoms with van der Waals surface area (Å²) in [5, 5.41) is 2.90. The second kappa shape index (κ2) is 8.83. The van der Waals surface area contributed by atoms with Crippen LogP contribution in [-0.2, 0) is 29.0 Å². The van der Waals surface area contributed by atoms with Crippen LogP contribution in [-0.4, -0.2) is 25.2 Å². The Hall–Kier alpha value is -2.11. The molecule has 1 fully saturated rings. The maximum Gasteiger partial charge on any atom is 0.287 e. The van der Waals surface area contributed by atoms with Gasteiger partial charge in [0.1, 0.15) is 5.76 Å². The minimum absolute atomic E-state index is 0.191. The first-order chi connectivity index (χ1) is 12.2. The van der Waals surface area contributed by atoms with Crippen LogP contribution < -0.4 is 5.32 Å². The minimum Gasteiger partial charge on any atom is -0.456 e. The van der Waals surface area contributed by atoms with Gasteiger partial charge in [-0.1, -0.05) is 31.2 Å². The van der Waals surface area contributed by atoms with E-state index >= 15 is 0 Å². The Labute approximate surface area is 148 Å². The standard InChI is InChI=1S/C20H25NO4/c1-2-17-6-7-19(25-17)20(22)21-13-15-4-3-5-16(12-15)14-24-18-8-10-23-11-9-18/h3-7,12,18H,2,8-11,13-14H2,1H3,(H,21,22). The van der Waals surface area contributed by atoms with Gasteiger partial charge in [0.2, 0.25) is 0 Å². The van der Waals surface area contributed by atoms with E-state index in [2.05, 4.69) is 11.4 Å². The van der Waals surface area contributed by atoms with E-state index < -0.39 is 0 Å². The molecule has 0 spiro atoms. The number of benzene rings is 1. The zero-order valence-electron chi connectivity index (χ0n) is 14.6. The van der Waals surface area contributed by atoms with Crippen LogP contribution in [0.4, 0.5) is 0 Å². The summed E-state index contributed by atoms with van der Waals surface area (Å²) in [5.74, 6) is 0.983. The Morgan fingerprint density at radius 2 is 2.00 bits per heavy atom. The maximum atomic E-state index is 12.1. The second-order valence-corrected chi connectivity index (χ2v) is 6.24. The molecule has 0 saturated carbocycles. The van der Waals surface area contributed by atoms with Crippen LogP contribution in [0, 0.1) is 0 Å². The number of rotatable bonds is 7. The summed E-state index contributed by atoms with van der Waals surface area (Å²) in [5.41, 5.74) is 2.16. The van der Waals surface area contributed by atoms with Gasteiger partial charge in [0.25, 0.3) is 5.91 Å². The van der Waals surface area contributed by atoms with E-state index in [1.54, 1.807) is 6.07 Å². The lowest BCUT2D eigenvalue weighted by atomic mass is 10.1. The van der Waals surface area contributed by atoms with Crippen molar-refractivity contribution in [2.24, 2.45) is 0 Å². The van der Waals surface area contributed by atoms with Gasteiger partial charge in [-0.25, -0.2) is 0 Å². The smallest absolute Gasteiger partial charge is 0.287 e. The number of carbonyl (C=O) groups excluding carboxylic acids is 1. The highest BCUT2D eigenvalue weighted by Crippen LogP contribution is 2.14. The van der Waals surface area contributed by atoms with Crippen molar-refractivity contribution < 1.29 is 18.7 Å². The molecular weight excluding hydrogens is 318 g/mol. The molecule has 3 rings (SSSR count). The summed E-state index contributed by atoms with van der Waals surface area (Å²) in [7, 11) is 0. The van der Waals surface area contributed by atoms with Gasteiger partial charge in [0.15, 0.2) is 5.76 Å². The second-order valence-electron chi connectivity index (χ2n) is 6.24. The summed E-state index contributed by atoms with van der Waals surface area (Å²) < 4.78 is 16.8. The lowest BCUT2D eigenvalue weighted by molar-refractivity contribution is -0.0390. The lowest BCUT2D eigenvalue weighted by Gasteiger charge is -2.22. The van der Waals surface area contributed by atoms with Gasteiger partial charge >= 0.3 is 0 Å². The van der Waals surface area contributed by atoms with Gasteiger partial charge in [-0.2, -0.15) is 0 Å². The number of furan rings is 1. The van der Waals surface area contributed by atoms with Crippen LogP contribution >= 0.6 is 0 Å². The zero-order chi connectivity index (χ0) is 17.5. The monoisotopic (exact) mass is 343 g/mol. The third-order valence-electron chi connectivity index (χ3n) is 4.33. The number of hydrogen-bond acceptors (Lipinski definition) is 4. The van der Waals surface area contributed by atoms with E-state index in [1.807, 2.05) is 31.2 Å². The molecule has 0 atom stereocenters. The number of nitrogens with one attached hydrogen (secondary N) is 1. The molecule has 1 saturated heterocycles. The maximum absolute atomic E-state index is 12.1.